The molecule has 1 aromatic heterocycles. The van der Waals surface area contributed by atoms with Gasteiger partial charge in [0.2, 0.25) is 0 Å². The summed E-state index contributed by atoms with van der Waals surface area (Å²) in [5.74, 6) is 0.0763. The van der Waals surface area contributed by atoms with Crippen LogP contribution in [0.2, 0.25) is 0 Å². The topological polar surface area (TPSA) is 85.4 Å². The SMILES string of the molecule is CCOC(=O)c1cc(SCCO)ncc1N. The van der Waals surface area contributed by atoms with Crippen LogP contribution in [0.15, 0.2) is 17.3 Å². The fraction of sp³-hybridized carbons (Fsp3) is 0.400. The van der Waals surface area contributed by atoms with E-state index in [4.69, 9.17) is 15.6 Å². The number of hydrogen-bond acceptors (Lipinski definition) is 6. The number of hydrogen-bond donors (Lipinski definition) is 2. The maximum Gasteiger partial charge on any atom is 0.340 e. The molecule has 0 atom stereocenters. The number of nitrogens with zero attached hydrogens (tertiary/aromatic N) is 1. The molecule has 0 unspecified atom stereocenters. The maximum absolute atomic E-state index is 11.5. The van der Waals surface area contributed by atoms with Gasteiger partial charge in [0.25, 0.3) is 0 Å². The van der Waals surface area contributed by atoms with Gasteiger partial charge in [-0.3, -0.25) is 0 Å². The van der Waals surface area contributed by atoms with E-state index in [1.807, 2.05) is 0 Å². The van der Waals surface area contributed by atoms with E-state index in [1.165, 1.54) is 18.0 Å². The van der Waals surface area contributed by atoms with Crippen molar-refractivity contribution in [2.24, 2.45) is 0 Å². The molecule has 0 spiro atoms. The lowest BCUT2D eigenvalue weighted by Gasteiger charge is -2.06. The number of aromatic nitrogens is 1. The molecule has 5 nitrogen and oxygen atoms in total. The van der Waals surface area contributed by atoms with Crippen LogP contribution in [0.5, 0.6) is 0 Å². The van der Waals surface area contributed by atoms with Gasteiger partial charge in [-0.2, -0.15) is 0 Å². The first-order chi connectivity index (χ1) is 7.69. The maximum atomic E-state index is 11.5. The van der Waals surface area contributed by atoms with Crippen LogP contribution in [0.1, 0.15) is 17.3 Å². The number of rotatable bonds is 5. The molecule has 1 rings (SSSR count). The van der Waals surface area contributed by atoms with E-state index >= 15 is 0 Å². The van der Waals surface area contributed by atoms with Crippen molar-refractivity contribution in [3.05, 3.63) is 17.8 Å². The van der Waals surface area contributed by atoms with Crippen LogP contribution in [0.25, 0.3) is 0 Å². The van der Waals surface area contributed by atoms with Crippen LogP contribution < -0.4 is 5.73 Å². The molecule has 3 N–H and O–H groups in total. The van der Waals surface area contributed by atoms with Crippen molar-refractivity contribution in [2.45, 2.75) is 11.9 Å². The van der Waals surface area contributed by atoms with Gasteiger partial charge in [-0.25, -0.2) is 9.78 Å². The van der Waals surface area contributed by atoms with E-state index in [0.29, 0.717) is 28.6 Å². The zero-order valence-corrected chi connectivity index (χ0v) is 9.79. The van der Waals surface area contributed by atoms with Gasteiger partial charge in [0.05, 0.1) is 35.7 Å². The lowest BCUT2D eigenvalue weighted by atomic mass is 10.2. The Bertz CT molecular complexity index is 371. The molecule has 6 heteroatoms. The first-order valence-corrected chi connectivity index (χ1v) is 5.84. The third-order valence-electron chi connectivity index (χ3n) is 1.75. The minimum atomic E-state index is -0.451. The molecule has 0 saturated heterocycles. The number of pyridine rings is 1. The molecule has 1 aromatic rings. The Morgan fingerprint density at radius 2 is 2.44 bits per heavy atom. The summed E-state index contributed by atoms with van der Waals surface area (Å²) in [6, 6.07) is 1.58. The molecular formula is C10H14N2O3S. The van der Waals surface area contributed by atoms with Crippen LogP contribution in [0, 0.1) is 0 Å². The van der Waals surface area contributed by atoms with Gasteiger partial charge in [0.1, 0.15) is 0 Å². The number of esters is 1. The van der Waals surface area contributed by atoms with Crippen molar-refractivity contribution in [3.63, 3.8) is 0 Å². The van der Waals surface area contributed by atoms with Crippen LogP contribution in [-0.2, 0) is 4.74 Å². The number of anilines is 1. The van der Waals surface area contributed by atoms with Crippen LogP contribution >= 0.6 is 11.8 Å². The molecule has 0 aliphatic heterocycles. The Labute approximate surface area is 98.0 Å². The Balaban J connectivity index is 2.85. The second-order valence-electron chi connectivity index (χ2n) is 2.90. The molecular weight excluding hydrogens is 228 g/mol. The molecule has 16 heavy (non-hydrogen) atoms. The third-order valence-corrected chi connectivity index (χ3v) is 2.65. The molecule has 0 fully saturated rings. The van der Waals surface area contributed by atoms with Gasteiger partial charge in [0, 0.05) is 5.75 Å². The van der Waals surface area contributed by atoms with Gasteiger partial charge in [-0.1, -0.05) is 0 Å². The molecule has 88 valence electrons. The van der Waals surface area contributed by atoms with E-state index in [9.17, 15) is 4.79 Å². The minimum Gasteiger partial charge on any atom is -0.462 e. The standard InChI is InChI=1S/C10H14N2O3S/c1-2-15-10(14)7-5-9(16-4-3-13)12-6-8(7)11/h5-6,13H,2-4,11H2,1H3. The average Bonchev–Trinajstić information content (AvgIpc) is 2.28. The number of nitrogen functional groups attached to an aromatic ring is 1. The monoisotopic (exact) mass is 242 g/mol. The minimum absolute atomic E-state index is 0.0610. The molecule has 0 radical (unpaired) electrons. The van der Waals surface area contributed by atoms with Crippen molar-refractivity contribution >= 4 is 23.4 Å². The van der Waals surface area contributed by atoms with Gasteiger partial charge in [-0.15, -0.1) is 11.8 Å². The number of carbonyl (C=O) groups is 1. The zero-order chi connectivity index (χ0) is 12.0. The Kier molecular flexibility index (Phi) is 5.07. The Morgan fingerprint density at radius 1 is 1.69 bits per heavy atom. The molecule has 0 aliphatic rings. The largest absolute Gasteiger partial charge is 0.462 e. The average molecular weight is 242 g/mol. The summed E-state index contributed by atoms with van der Waals surface area (Å²) in [5, 5.41) is 9.32. The summed E-state index contributed by atoms with van der Waals surface area (Å²) in [7, 11) is 0. The fourth-order valence-corrected chi connectivity index (χ4v) is 1.69. The van der Waals surface area contributed by atoms with E-state index in [-0.39, 0.29) is 6.61 Å². The molecule has 1 heterocycles. The number of thioether (sulfide) groups is 1. The second kappa shape index (κ2) is 6.34. The number of ether oxygens (including phenoxy) is 1. The summed E-state index contributed by atoms with van der Waals surface area (Å²) in [4.78, 5) is 15.5. The highest BCUT2D eigenvalue weighted by atomic mass is 32.2. The summed E-state index contributed by atoms with van der Waals surface area (Å²) in [5.41, 5.74) is 6.24. The molecule has 0 amide bonds. The first kappa shape index (κ1) is 12.8. The van der Waals surface area contributed by atoms with Crippen molar-refractivity contribution in [1.29, 1.82) is 0 Å². The number of nitrogens with two attached hydrogens (primary N) is 1. The smallest absolute Gasteiger partial charge is 0.340 e. The van der Waals surface area contributed by atoms with Gasteiger partial charge in [-0.05, 0) is 13.0 Å². The molecule has 0 saturated carbocycles. The van der Waals surface area contributed by atoms with Crippen LogP contribution in [0.3, 0.4) is 0 Å². The van der Waals surface area contributed by atoms with Crippen molar-refractivity contribution in [2.75, 3.05) is 24.7 Å². The van der Waals surface area contributed by atoms with E-state index in [1.54, 1.807) is 13.0 Å². The van der Waals surface area contributed by atoms with Gasteiger partial charge in [0.15, 0.2) is 0 Å². The van der Waals surface area contributed by atoms with Crippen molar-refractivity contribution in [3.8, 4) is 0 Å². The Hall–Kier alpha value is -1.27. The first-order valence-electron chi connectivity index (χ1n) is 4.85. The number of aliphatic hydroxyl groups is 1. The predicted octanol–water partition coefficient (Wildman–Crippen LogP) is 0.925. The summed E-state index contributed by atoms with van der Waals surface area (Å²) >= 11 is 1.35. The van der Waals surface area contributed by atoms with Crippen molar-refractivity contribution in [1.82, 2.24) is 4.98 Å². The molecule has 0 aromatic carbocycles. The van der Waals surface area contributed by atoms with Crippen molar-refractivity contribution < 1.29 is 14.6 Å². The van der Waals surface area contributed by atoms with Crippen LogP contribution in [-0.4, -0.2) is 35.0 Å². The van der Waals surface area contributed by atoms with E-state index in [2.05, 4.69) is 4.98 Å². The highest BCUT2D eigenvalue weighted by Crippen LogP contribution is 2.20. The lowest BCUT2D eigenvalue weighted by Crippen LogP contribution is -2.08. The molecule has 0 bridgehead atoms. The third kappa shape index (κ3) is 3.39. The second-order valence-corrected chi connectivity index (χ2v) is 4.02. The number of carbonyl (C=O) groups excluding carboxylic acids is 1. The molecule has 0 aliphatic carbocycles. The van der Waals surface area contributed by atoms with E-state index in [0.717, 1.165) is 0 Å². The van der Waals surface area contributed by atoms with Gasteiger partial charge >= 0.3 is 5.97 Å². The normalized spacial score (nSPS) is 10.1. The zero-order valence-electron chi connectivity index (χ0n) is 8.97. The fourth-order valence-electron chi connectivity index (χ4n) is 1.06. The predicted molar refractivity (Wildman–Crippen MR) is 62.4 cm³/mol. The quantitative estimate of drug-likeness (QED) is 0.590. The number of aliphatic hydroxyl groups excluding tert-OH is 1. The van der Waals surface area contributed by atoms with E-state index < -0.39 is 5.97 Å². The summed E-state index contributed by atoms with van der Waals surface area (Å²) < 4.78 is 4.86. The summed E-state index contributed by atoms with van der Waals surface area (Å²) in [6.07, 6.45) is 1.42. The summed E-state index contributed by atoms with van der Waals surface area (Å²) in [6.45, 7) is 2.10. The van der Waals surface area contributed by atoms with Gasteiger partial charge < -0.3 is 15.6 Å². The highest BCUT2D eigenvalue weighted by Gasteiger charge is 2.12. The highest BCUT2D eigenvalue weighted by molar-refractivity contribution is 7.99. The van der Waals surface area contributed by atoms with Crippen LogP contribution in [0.4, 0.5) is 5.69 Å². The Morgan fingerprint density at radius 3 is 3.06 bits per heavy atom. The lowest BCUT2D eigenvalue weighted by molar-refractivity contribution is 0.0527.